The Morgan fingerprint density at radius 3 is 2.52 bits per heavy atom. The Hall–Kier alpha value is -3.36. The number of esters is 1. The zero-order valence-electron chi connectivity index (χ0n) is 18.5. The van der Waals surface area contributed by atoms with Gasteiger partial charge in [-0.25, -0.2) is 9.59 Å². The SMILES string of the molecule is CCCCC(OC(=O)c1cccc(NC(=O)OC(C)(C)C)c1)C(=O)Nc1cc(C)on1. The van der Waals surface area contributed by atoms with Crippen molar-refractivity contribution in [2.75, 3.05) is 10.6 Å². The Balaban J connectivity index is 2.06. The number of nitrogens with zero attached hydrogens (tertiary/aromatic N) is 1. The van der Waals surface area contributed by atoms with Gasteiger partial charge in [-0.3, -0.25) is 10.1 Å². The fourth-order valence-corrected chi connectivity index (χ4v) is 2.61. The van der Waals surface area contributed by atoms with Gasteiger partial charge in [-0.2, -0.15) is 0 Å². The third kappa shape index (κ3) is 8.12. The lowest BCUT2D eigenvalue weighted by Crippen LogP contribution is -2.32. The van der Waals surface area contributed by atoms with Crippen molar-refractivity contribution < 1.29 is 28.4 Å². The summed E-state index contributed by atoms with van der Waals surface area (Å²) in [7, 11) is 0. The van der Waals surface area contributed by atoms with Gasteiger partial charge in [0.1, 0.15) is 11.4 Å². The molecule has 9 nitrogen and oxygen atoms in total. The molecule has 1 heterocycles. The third-order valence-corrected chi connectivity index (χ3v) is 3.98. The first kappa shape index (κ1) is 23.9. The minimum absolute atomic E-state index is 0.195. The number of benzene rings is 1. The Morgan fingerprint density at radius 2 is 1.90 bits per heavy atom. The first-order chi connectivity index (χ1) is 14.6. The van der Waals surface area contributed by atoms with Gasteiger partial charge in [0.25, 0.3) is 5.91 Å². The highest BCUT2D eigenvalue weighted by Crippen LogP contribution is 2.17. The van der Waals surface area contributed by atoms with Crippen LogP contribution in [0.25, 0.3) is 0 Å². The van der Waals surface area contributed by atoms with Crippen LogP contribution < -0.4 is 10.6 Å². The first-order valence-corrected chi connectivity index (χ1v) is 10.1. The molecule has 2 N–H and O–H groups in total. The number of rotatable bonds is 8. The second kappa shape index (κ2) is 10.6. The van der Waals surface area contributed by atoms with Crippen molar-refractivity contribution in [3.05, 3.63) is 41.7 Å². The van der Waals surface area contributed by atoms with E-state index in [1.165, 1.54) is 6.07 Å². The van der Waals surface area contributed by atoms with Crippen molar-refractivity contribution in [2.24, 2.45) is 0 Å². The van der Waals surface area contributed by atoms with Gasteiger partial charge in [-0.1, -0.05) is 24.6 Å². The van der Waals surface area contributed by atoms with Crippen LogP contribution in [0.2, 0.25) is 0 Å². The number of aromatic nitrogens is 1. The molecule has 0 bridgehead atoms. The van der Waals surface area contributed by atoms with Crippen LogP contribution in [0.15, 0.2) is 34.9 Å². The molecule has 0 fully saturated rings. The highest BCUT2D eigenvalue weighted by Gasteiger charge is 2.24. The van der Waals surface area contributed by atoms with Crippen LogP contribution in [-0.2, 0) is 14.3 Å². The summed E-state index contributed by atoms with van der Waals surface area (Å²) in [5, 5.41) is 8.89. The maximum Gasteiger partial charge on any atom is 0.412 e. The van der Waals surface area contributed by atoms with Gasteiger partial charge in [0.15, 0.2) is 11.9 Å². The van der Waals surface area contributed by atoms with E-state index in [1.807, 2.05) is 6.92 Å². The van der Waals surface area contributed by atoms with E-state index in [2.05, 4.69) is 15.8 Å². The minimum atomic E-state index is -0.994. The molecule has 0 radical (unpaired) electrons. The summed E-state index contributed by atoms with van der Waals surface area (Å²) in [6, 6.07) is 7.79. The predicted molar refractivity (Wildman–Crippen MR) is 115 cm³/mol. The predicted octanol–water partition coefficient (Wildman–Crippen LogP) is 4.68. The molecule has 1 atom stereocenters. The number of hydrogen-bond donors (Lipinski definition) is 2. The van der Waals surface area contributed by atoms with Crippen LogP contribution in [0, 0.1) is 6.92 Å². The maximum absolute atomic E-state index is 12.7. The number of carbonyl (C=O) groups excluding carboxylic acids is 3. The molecule has 0 saturated heterocycles. The van der Waals surface area contributed by atoms with Crippen LogP contribution >= 0.6 is 0 Å². The molecular weight excluding hydrogens is 402 g/mol. The number of aryl methyl sites for hydroxylation is 1. The lowest BCUT2D eigenvalue weighted by molar-refractivity contribution is -0.125. The first-order valence-electron chi connectivity index (χ1n) is 10.1. The maximum atomic E-state index is 12.7. The van der Waals surface area contributed by atoms with Gasteiger partial charge < -0.3 is 19.3 Å². The van der Waals surface area contributed by atoms with E-state index in [1.54, 1.807) is 52.0 Å². The van der Waals surface area contributed by atoms with E-state index in [9.17, 15) is 14.4 Å². The summed E-state index contributed by atoms with van der Waals surface area (Å²) < 4.78 is 15.6. The molecule has 2 rings (SSSR count). The van der Waals surface area contributed by atoms with Crippen LogP contribution in [0.3, 0.4) is 0 Å². The zero-order chi connectivity index (χ0) is 23.0. The third-order valence-electron chi connectivity index (χ3n) is 3.98. The van der Waals surface area contributed by atoms with E-state index in [0.717, 1.165) is 6.42 Å². The van der Waals surface area contributed by atoms with E-state index in [-0.39, 0.29) is 11.4 Å². The van der Waals surface area contributed by atoms with Gasteiger partial charge in [0.05, 0.1) is 5.56 Å². The number of anilines is 2. The van der Waals surface area contributed by atoms with Crippen LogP contribution in [0.1, 0.15) is 63.1 Å². The van der Waals surface area contributed by atoms with Crippen molar-refractivity contribution in [3.8, 4) is 0 Å². The molecule has 2 amide bonds. The number of carbonyl (C=O) groups is 3. The van der Waals surface area contributed by atoms with Crippen LogP contribution in [0.5, 0.6) is 0 Å². The molecule has 0 aliphatic rings. The second-order valence-corrected chi connectivity index (χ2v) is 8.06. The lowest BCUT2D eigenvalue weighted by atomic mass is 10.1. The average molecular weight is 431 g/mol. The fraction of sp³-hybridized carbons (Fsp3) is 0.455. The molecule has 9 heteroatoms. The van der Waals surface area contributed by atoms with Gasteiger partial charge in [-0.15, -0.1) is 0 Å². The number of ether oxygens (including phenoxy) is 2. The molecule has 1 aromatic heterocycles. The summed E-state index contributed by atoms with van der Waals surface area (Å²) in [6.07, 6.45) is 0.261. The molecule has 0 aliphatic heterocycles. The van der Waals surface area contributed by atoms with Crippen molar-refractivity contribution in [1.29, 1.82) is 0 Å². The monoisotopic (exact) mass is 431 g/mol. The quantitative estimate of drug-likeness (QED) is 0.582. The highest BCUT2D eigenvalue weighted by atomic mass is 16.6. The molecule has 1 aromatic carbocycles. The number of unbranched alkanes of at least 4 members (excludes halogenated alkanes) is 1. The van der Waals surface area contributed by atoms with Gasteiger partial charge >= 0.3 is 12.1 Å². The Labute approximate surface area is 181 Å². The van der Waals surface area contributed by atoms with Gasteiger partial charge in [0, 0.05) is 11.8 Å². The molecule has 0 spiro atoms. The smallest absolute Gasteiger partial charge is 0.412 e. The van der Waals surface area contributed by atoms with E-state index < -0.39 is 29.7 Å². The summed E-state index contributed by atoms with van der Waals surface area (Å²) in [6.45, 7) is 8.94. The van der Waals surface area contributed by atoms with Gasteiger partial charge in [0.2, 0.25) is 0 Å². The van der Waals surface area contributed by atoms with Crippen LogP contribution in [0.4, 0.5) is 16.3 Å². The fourth-order valence-electron chi connectivity index (χ4n) is 2.61. The van der Waals surface area contributed by atoms with Crippen molar-refractivity contribution in [3.63, 3.8) is 0 Å². The molecule has 1 unspecified atom stereocenters. The second-order valence-electron chi connectivity index (χ2n) is 8.06. The lowest BCUT2D eigenvalue weighted by Gasteiger charge is -2.20. The average Bonchev–Trinajstić information content (AvgIpc) is 3.08. The molecular formula is C22H29N3O6. The Bertz CT molecular complexity index is 916. The molecule has 2 aromatic rings. The summed E-state index contributed by atoms with van der Waals surface area (Å²) in [4.78, 5) is 37.2. The zero-order valence-corrected chi connectivity index (χ0v) is 18.5. The molecule has 168 valence electrons. The van der Waals surface area contributed by atoms with Crippen LogP contribution in [-0.4, -0.2) is 34.8 Å². The molecule has 0 aliphatic carbocycles. The summed E-state index contributed by atoms with van der Waals surface area (Å²) in [5.74, 6) is -0.367. The molecule has 0 saturated carbocycles. The normalized spacial score (nSPS) is 12.0. The van der Waals surface area contributed by atoms with E-state index >= 15 is 0 Å². The van der Waals surface area contributed by atoms with Gasteiger partial charge in [-0.05, 0) is 58.7 Å². The van der Waals surface area contributed by atoms with Crippen molar-refractivity contribution >= 4 is 29.5 Å². The number of hydrogen-bond acceptors (Lipinski definition) is 7. The van der Waals surface area contributed by atoms with E-state index in [0.29, 0.717) is 24.3 Å². The highest BCUT2D eigenvalue weighted by molar-refractivity contribution is 5.97. The standard InChI is InChI=1S/C22H29N3O6/c1-6-7-11-17(19(26)24-18-12-14(2)31-25-18)29-20(27)15-9-8-10-16(13-15)23-21(28)30-22(3,4)5/h8-10,12-13,17H,6-7,11H2,1-5H3,(H,23,28)(H,24,25,26). The summed E-state index contributed by atoms with van der Waals surface area (Å²) >= 11 is 0. The van der Waals surface area contributed by atoms with E-state index in [4.69, 9.17) is 14.0 Å². The topological polar surface area (TPSA) is 120 Å². The number of nitrogens with one attached hydrogen (secondary N) is 2. The Kier molecular flexibility index (Phi) is 8.18. The Morgan fingerprint density at radius 1 is 1.16 bits per heavy atom. The van der Waals surface area contributed by atoms with Crippen molar-refractivity contribution in [2.45, 2.75) is 65.6 Å². The summed E-state index contributed by atoms with van der Waals surface area (Å²) in [5.41, 5.74) is -0.0838. The molecule has 31 heavy (non-hydrogen) atoms. The minimum Gasteiger partial charge on any atom is -0.449 e. The largest absolute Gasteiger partial charge is 0.449 e. The van der Waals surface area contributed by atoms with Crippen molar-refractivity contribution in [1.82, 2.24) is 5.16 Å². The number of amides is 2.